The molecule has 0 saturated heterocycles. The largest absolute Gasteiger partial charge is 0.319 e. The van der Waals surface area contributed by atoms with Crippen molar-refractivity contribution in [3.05, 3.63) is 73.4 Å². The molecule has 43 heavy (non-hydrogen) atoms. The second kappa shape index (κ2) is 13.2. The van der Waals surface area contributed by atoms with Crippen LogP contribution in [-0.2, 0) is 14.8 Å². The van der Waals surface area contributed by atoms with Crippen molar-refractivity contribution >= 4 is 60.4 Å². The van der Waals surface area contributed by atoms with Crippen molar-refractivity contribution in [2.45, 2.75) is 58.8 Å². The highest BCUT2D eigenvalue weighted by atomic mass is 79.9. The first-order valence-electron chi connectivity index (χ1n) is 14.0. The van der Waals surface area contributed by atoms with Crippen molar-refractivity contribution in [3.8, 4) is 6.07 Å². The van der Waals surface area contributed by atoms with Crippen molar-refractivity contribution in [2.24, 2.45) is 16.8 Å². The van der Waals surface area contributed by atoms with Crippen molar-refractivity contribution < 1.29 is 22.9 Å². The topological polar surface area (TPSA) is 172 Å². The van der Waals surface area contributed by atoms with Gasteiger partial charge in [0.05, 0.1) is 34.0 Å². The number of halogens is 1. The molecule has 2 aromatic carbocycles. The van der Waals surface area contributed by atoms with E-state index in [2.05, 4.69) is 44.0 Å². The van der Waals surface area contributed by atoms with E-state index >= 15 is 0 Å². The Balaban J connectivity index is 1.84. The van der Waals surface area contributed by atoms with Crippen LogP contribution in [0.1, 0.15) is 74.7 Å². The number of anilines is 2. The average molecular weight is 671 g/mol. The van der Waals surface area contributed by atoms with E-state index in [1.165, 1.54) is 24.3 Å². The number of Topliss-reactive ketones (excluding diaryl/α,β-unsaturated/α-hetero) is 1. The molecule has 2 aromatic rings. The number of aliphatic imine (C=N–C) groups is 1. The first-order chi connectivity index (χ1) is 20.4. The lowest BCUT2D eigenvalue weighted by Crippen LogP contribution is -2.33. The summed E-state index contributed by atoms with van der Waals surface area (Å²) in [6, 6.07) is 10.6. The Hall–Kier alpha value is -3.89. The number of benzene rings is 2. The molecule has 3 unspecified atom stereocenters. The number of sulfonamides is 1. The third-order valence-electron chi connectivity index (χ3n) is 7.58. The third kappa shape index (κ3) is 7.02. The fourth-order valence-electron chi connectivity index (χ4n) is 5.73. The van der Waals surface area contributed by atoms with E-state index in [4.69, 9.17) is 0 Å². The summed E-state index contributed by atoms with van der Waals surface area (Å²) in [5.74, 6) is -2.24. The quantitative estimate of drug-likeness (QED) is 0.215. The van der Waals surface area contributed by atoms with Crippen molar-refractivity contribution in [2.75, 3.05) is 15.8 Å². The van der Waals surface area contributed by atoms with Crippen LogP contribution in [0.25, 0.3) is 0 Å². The molecule has 0 fully saturated rings. The lowest BCUT2D eigenvalue weighted by atomic mass is 9.70. The average Bonchev–Trinajstić information content (AvgIpc) is 2.93. The highest BCUT2D eigenvalue weighted by molar-refractivity contribution is 9.10. The van der Waals surface area contributed by atoms with Crippen LogP contribution >= 0.6 is 15.9 Å². The SMILES string of the molecule is CCCC1CC(=O)C2=C(C1)N=C(C)C(C#N)C2c1cc(Br)c(NC(=O)c2cccc([N+](=O)[O-])c2)c(NS(=O)(=O)CCC)c1. The normalized spacial score (nSPS) is 20.1. The number of ketones is 1. The maximum atomic E-state index is 13.5. The maximum Gasteiger partial charge on any atom is 0.270 e. The molecule has 13 heteroatoms. The smallest absolute Gasteiger partial charge is 0.270 e. The standard InChI is InChI=1S/C30H32BrN5O6S/c1-4-7-18-11-24-28(26(37)12-18)27(22(16-32)17(3)33-24)20-14-23(31)29(25(15-20)35-43(41,42)10-5-2)34-30(38)19-8-6-9-21(13-19)36(39)40/h6,8-9,13-15,18,22,27,35H,4-5,7,10-12H2,1-3H3,(H,34,38). The van der Waals surface area contributed by atoms with Gasteiger partial charge in [0.2, 0.25) is 10.0 Å². The van der Waals surface area contributed by atoms with Gasteiger partial charge >= 0.3 is 0 Å². The lowest BCUT2D eigenvalue weighted by molar-refractivity contribution is -0.384. The number of nitro groups is 1. The highest BCUT2D eigenvalue weighted by Gasteiger charge is 2.41. The first kappa shape index (κ1) is 32.0. The maximum absolute atomic E-state index is 13.5. The highest BCUT2D eigenvalue weighted by Crippen LogP contribution is 2.47. The Kier molecular flexibility index (Phi) is 9.82. The number of nitrogens with zero attached hydrogens (tertiary/aromatic N) is 3. The fourth-order valence-corrected chi connectivity index (χ4v) is 7.44. The van der Waals surface area contributed by atoms with Gasteiger partial charge in [0.1, 0.15) is 0 Å². The van der Waals surface area contributed by atoms with E-state index in [1.807, 2.05) is 0 Å². The predicted molar refractivity (Wildman–Crippen MR) is 168 cm³/mol. The predicted octanol–water partition coefficient (Wildman–Crippen LogP) is 6.49. The number of nitro benzene ring substituents is 1. The molecular weight excluding hydrogens is 638 g/mol. The molecule has 4 rings (SSSR count). The summed E-state index contributed by atoms with van der Waals surface area (Å²) in [5, 5.41) is 24.1. The second-order valence-electron chi connectivity index (χ2n) is 10.8. The molecule has 1 aliphatic heterocycles. The molecule has 1 amide bonds. The molecular formula is C30H32BrN5O6S. The number of rotatable bonds is 10. The second-order valence-corrected chi connectivity index (χ2v) is 13.5. The zero-order valence-corrected chi connectivity index (χ0v) is 26.4. The molecule has 0 radical (unpaired) electrons. The summed E-state index contributed by atoms with van der Waals surface area (Å²) in [6.45, 7) is 5.54. The lowest BCUT2D eigenvalue weighted by Gasteiger charge is -2.35. The number of nitriles is 1. The van der Waals surface area contributed by atoms with Gasteiger partial charge in [-0.05, 0) is 71.8 Å². The monoisotopic (exact) mass is 669 g/mol. The Labute approximate surface area is 258 Å². The van der Waals surface area contributed by atoms with Crippen LogP contribution in [0, 0.1) is 33.3 Å². The van der Waals surface area contributed by atoms with Crippen LogP contribution in [0.2, 0.25) is 0 Å². The molecule has 0 bridgehead atoms. The van der Waals surface area contributed by atoms with Crippen LogP contribution in [0.3, 0.4) is 0 Å². The van der Waals surface area contributed by atoms with Crippen molar-refractivity contribution in [1.82, 2.24) is 0 Å². The van der Waals surface area contributed by atoms with E-state index in [9.17, 15) is 33.4 Å². The van der Waals surface area contributed by atoms with Crippen LogP contribution in [0.5, 0.6) is 0 Å². The Morgan fingerprint density at radius 2 is 1.95 bits per heavy atom. The van der Waals surface area contributed by atoms with E-state index in [0.29, 0.717) is 46.3 Å². The minimum absolute atomic E-state index is 0.000404. The van der Waals surface area contributed by atoms with Gasteiger partial charge < -0.3 is 5.32 Å². The van der Waals surface area contributed by atoms with Crippen LogP contribution in [0.4, 0.5) is 17.1 Å². The van der Waals surface area contributed by atoms with Crippen molar-refractivity contribution in [1.29, 1.82) is 5.26 Å². The fraction of sp³-hybridized carbons (Fsp3) is 0.400. The molecule has 0 spiro atoms. The van der Waals surface area contributed by atoms with E-state index < -0.39 is 32.7 Å². The summed E-state index contributed by atoms with van der Waals surface area (Å²) in [4.78, 5) is 42.0. The molecule has 1 aliphatic carbocycles. The minimum Gasteiger partial charge on any atom is -0.319 e. The number of nitrogens with one attached hydrogen (secondary N) is 2. The van der Waals surface area contributed by atoms with Gasteiger partial charge in [-0.1, -0.05) is 26.3 Å². The van der Waals surface area contributed by atoms with Crippen LogP contribution < -0.4 is 10.0 Å². The number of non-ortho nitro benzene ring substituents is 1. The zero-order valence-electron chi connectivity index (χ0n) is 24.0. The number of allylic oxidation sites excluding steroid dienone is 2. The zero-order chi connectivity index (χ0) is 31.5. The summed E-state index contributed by atoms with van der Waals surface area (Å²) in [5.41, 5.74) is 2.05. The van der Waals surface area contributed by atoms with Gasteiger partial charge in [-0.15, -0.1) is 0 Å². The van der Waals surface area contributed by atoms with Gasteiger partial charge in [0.15, 0.2) is 5.78 Å². The van der Waals surface area contributed by atoms with Gasteiger partial charge in [0.25, 0.3) is 11.6 Å². The number of hydrogen-bond donors (Lipinski definition) is 2. The summed E-state index contributed by atoms with van der Waals surface area (Å²) in [6.07, 6.45) is 3.13. The molecule has 1 heterocycles. The molecule has 11 nitrogen and oxygen atoms in total. The van der Waals surface area contributed by atoms with E-state index in [0.717, 1.165) is 18.9 Å². The van der Waals surface area contributed by atoms with Crippen LogP contribution in [-0.4, -0.2) is 36.5 Å². The number of amides is 1. The Morgan fingerprint density at radius 3 is 2.60 bits per heavy atom. The van der Waals surface area contributed by atoms with Crippen molar-refractivity contribution in [3.63, 3.8) is 0 Å². The number of carbonyl (C=O) groups is 2. The Bertz CT molecular complexity index is 1690. The molecule has 3 atom stereocenters. The first-order valence-corrected chi connectivity index (χ1v) is 16.4. The molecule has 2 N–H and O–H groups in total. The van der Waals surface area contributed by atoms with Crippen LogP contribution in [0.15, 0.2) is 57.1 Å². The number of hydrogen-bond acceptors (Lipinski definition) is 8. The van der Waals surface area contributed by atoms with Gasteiger partial charge in [-0.2, -0.15) is 5.26 Å². The molecule has 0 saturated carbocycles. The van der Waals surface area contributed by atoms with E-state index in [-0.39, 0.29) is 40.1 Å². The summed E-state index contributed by atoms with van der Waals surface area (Å²) >= 11 is 3.47. The Morgan fingerprint density at radius 1 is 1.21 bits per heavy atom. The van der Waals surface area contributed by atoms with E-state index in [1.54, 1.807) is 19.9 Å². The van der Waals surface area contributed by atoms with Gasteiger partial charge in [0, 0.05) is 51.5 Å². The molecule has 2 aliphatic rings. The minimum atomic E-state index is -3.85. The van der Waals surface area contributed by atoms with Gasteiger partial charge in [-0.25, -0.2) is 8.42 Å². The molecule has 0 aromatic heterocycles. The third-order valence-corrected chi connectivity index (χ3v) is 9.68. The summed E-state index contributed by atoms with van der Waals surface area (Å²) in [7, 11) is -3.85. The number of carbonyl (C=O) groups excluding carboxylic acids is 2. The van der Waals surface area contributed by atoms with Gasteiger partial charge in [-0.3, -0.25) is 29.4 Å². The molecule has 226 valence electrons. The summed E-state index contributed by atoms with van der Waals surface area (Å²) < 4.78 is 28.7.